The van der Waals surface area contributed by atoms with Crippen molar-refractivity contribution in [3.8, 4) is 0 Å². The number of anilines is 1. The maximum absolute atomic E-state index is 6.23. The standard InChI is InChI=1S/C21H23N7/c1-14-10-20-25-18(11-19(22)28(20)26-14)15-5-3-9-27(12-15)13-16-4-2-6-17-21(16)24-8-7-23-17/h2,4,6-8,10-11,15H,3,5,9,12-13,22H2,1H3. The van der Waals surface area contributed by atoms with E-state index in [1.54, 1.807) is 16.9 Å². The molecule has 0 bridgehead atoms. The van der Waals surface area contributed by atoms with Crippen molar-refractivity contribution in [3.05, 3.63) is 59.7 Å². The molecule has 1 saturated heterocycles. The van der Waals surface area contributed by atoms with E-state index in [9.17, 15) is 0 Å². The van der Waals surface area contributed by atoms with Crippen LogP contribution in [0.1, 0.15) is 35.7 Å². The molecule has 1 aliphatic heterocycles. The zero-order chi connectivity index (χ0) is 19.1. The van der Waals surface area contributed by atoms with E-state index in [-0.39, 0.29) is 0 Å². The molecule has 1 unspecified atom stereocenters. The number of fused-ring (bicyclic) bond motifs is 2. The first kappa shape index (κ1) is 17.1. The van der Waals surface area contributed by atoms with Crippen LogP contribution in [0.4, 0.5) is 5.82 Å². The summed E-state index contributed by atoms with van der Waals surface area (Å²) in [6, 6.07) is 10.2. The van der Waals surface area contributed by atoms with Gasteiger partial charge in [0.15, 0.2) is 5.65 Å². The molecule has 1 atom stereocenters. The third-order valence-electron chi connectivity index (χ3n) is 5.50. The molecule has 4 aromatic rings. The molecule has 0 spiro atoms. The van der Waals surface area contributed by atoms with Crippen LogP contribution in [0.5, 0.6) is 0 Å². The van der Waals surface area contributed by atoms with E-state index in [2.05, 4.69) is 32.1 Å². The molecule has 4 heterocycles. The molecule has 1 fully saturated rings. The predicted octanol–water partition coefficient (Wildman–Crippen LogP) is 2.94. The minimum Gasteiger partial charge on any atom is -0.384 e. The molecule has 142 valence electrons. The summed E-state index contributed by atoms with van der Waals surface area (Å²) in [5.74, 6) is 1.02. The van der Waals surface area contributed by atoms with Crippen LogP contribution in [0.3, 0.4) is 0 Å². The molecular formula is C21H23N7. The first-order valence-electron chi connectivity index (χ1n) is 9.71. The van der Waals surface area contributed by atoms with Gasteiger partial charge in [-0.2, -0.15) is 9.61 Å². The quantitative estimate of drug-likeness (QED) is 0.594. The number of likely N-dealkylation sites (tertiary alicyclic amines) is 1. The zero-order valence-corrected chi connectivity index (χ0v) is 15.9. The maximum Gasteiger partial charge on any atom is 0.157 e. The number of para-hydroxylation sites is 1. The van der Waals surface area contributed by atoms with Gasteiger partial charge in [-0.25, -0.2) is 4.98 Å². The van der Waals surface area contributed by atoms with Crippen LogP contribution in [0.25, 0.3) is 16.7 Å². The summed E-state index contributed by atoms with van der Waals surface area (Å²) >= 11 is 0. The number of nitrogens with two attached hydrogens (primary N) is 1. The summed E-state index contributed by atoms with van der Waals surface area (Å²) < 4.78 is 1.72. The highest BCUT2D eigenvalue weighted by Crippen LogP contribution is 2.29. The minimum atomic E-state index is 0.373. The number of piperidine rings is 1. The van der Waals surface area contributed by atoms with Crippen molar-refractivity contribution in [2.24, 2.45) is 0 Å². The number of aromatic nitrogens is 5. The van der Waals surface area contributed by atoms with Crippen LogP contribution >= 0.6 is 0 Å². The Balaban J connectivity index is 1.40. The number of hydrogen-bond acceptors (Lipinski definition) is 6. The van der Waals surface area contributed by atoms with Gasteiger partial charge in [-0.15, -0.1) is 0 Å². The second-order valence-electron chi connectivity index (χ2n) is 7.58. The monoisotopic (exact) mass is 373 g/mol. The fourth-order valence-corrected chi connectivity index (χ4v) is 4.20. The zero-order valence-electron chi connectivity index (χ0n) is 15.9. The van der Waals surface area contributed by atoms with Gasteiger partial charge in [0.2, 0.25) is 0 Å². The van der Waals surface area contributed by atoms with Crippen molar-refractivity contribution in [2.45, 2.75) is 32.2 Å². The van der Waals surface area contributed by atoms with Crippen molar-refractivity contribution >= 4 is 22.5 Å². The van der Waals surface area contributed by atoms with E-state index in [1.165, 1.54) is 5.56 Å². The van der Waals surface area contributed by atoms with Crippen molar-refractivity contribution in [2.75, 3.05) is 18.8 Å². The number of aryl methyl sites for hydroxylation is 1. The SMILES string of the molecule is Cc1cc2nc(C3CCCN(Cc4cccc5nccnc45)C3)cc(N)n2n1. The fourth-order valence-electron chi connectivity index (χ4n) is 4.20. The Kier molecular flexibility index (Phi) is 4.16. The van der Waals surface area contributed by atoms with Gasteiger partial charge in [0.1, 0.15) is 5.82 Å². The van der Waals surface area contributed by atoms with Crippen molar-refractivity contribution < 1.29 is 0 Å². The molecule has 7 nitrogen and oxygen atoms in total. The molecule has 28 heavy (non-hydrogen) atoms. The maximum atomic E-state index is 6.23. The average molecular weight is 373 g/mol. The average Bonchev–Trinajstić information content (AvgIpc) is 3.09. The summed E-state index contributed by atoms with van der Waals surface area (Å²) in [5.41, 5.74) is 12.2. The van der Waals surface area contributed by atoms with Crippen molar-refractivity contribution in [1.29, 1.82) is 0 Å². The summed E-state index contributed by atoms with van der Waals surface area (Å²) in [6.07, 6.45) is 5.78. The van der Waals surface area contributed by atoms with Gasteiger partial charge in [0.25, 0.3) is 0 Å². The number of rotatable bonds is 3. The Bertz CT molecular complexity index is 1140. The lowest BCUT2D eigenvalue weighted by atomic mass is 9.94. The van der Waals surface area contributed by atoms with Crippen molar-refractivity contribution in [1.82, 2.24) is 29.5 Å². The highest BCUT2D eigenvalue weighted by Gasteiger charge is 2.24. The number of hydrogen-bond donors (Lipinski definition) is 1. The second-order valence-corrected chi connectivity index (χ2v) is 7.58. The van der Waals surface area contributed by atoms with E-state index in [0.29, 0.717) is 11.7 Å². The van der Waals surface area contributed by atoms with Gasteiger partial charge in [0, 0.05) is 43.5 Å². The highest BCUT2D eigenvalue weighted by molar-refractivity contribution is 5.77. The van der Waals surface area contributed by atoms with Crippen LogP contribution in [-0.2, 0) is 6.54 Å². The number of nitrogens with zero attached hydrogens (tertiary/aromatic N) is 6. The van der Waals surface area contributed by atoms with Gasteiger partial charge < -0.3 is 5.73 Å². The molecule has 0 saturated carbocycles. The normalized spacial score (nSPS) is 18.1. The van der Waals surface area contributed by atoms with E-state index < -0.39 is 0 Å². The van der Waals surface area contributed by atoms with E-state index in [0.717, 1.165) is 60.5 Å². The van der Waals surface area contributed by atoms with Gasteiger partial charge in [0.05, 0.1) is 22.4 Å². The largest absolute Gasteiger partial charge is 0.384 e. The molecule has 0 aliphatic carbocycles. The molecule has 2 N–H and O–H groups in total. The fraction of sp³-hybridized carbons (Fsp3) is 0.333. The van der Waals surface area contributed by atoms with Crippen LogP contribution < -0.4 is 5.73 Å². The number of nitrogen functional groups attached to an aromatic ring is 1. The molecule has 0 radical (unpaired) electrons. The van der Waals surface area contributed by atoms with Gasteiger partial charge in [-0.1, -0.05) is 12.1 Å². The smallest absolute Gasteiger partial charge is 0.157 e. The first-order chi connectivity index (χ1) is 13.7. The van der Waals surface area contributed by atoms with Crippen LogP contribution in [0.2, 0.25) is 0 Å². The predicted molar refractivity (Wildman–Crippen MR) is 109 cm³/mol. The third-order valence-corrected chi connectivity index (χ3v) is 5.50. The lowest BCUT2D eigenvalue weighted by Gasteiger charge is -2.32. The summed E-state index contributed by atoms with van der Waals surface area (Å²) in [5, 5.41) is 4.40. The van der Waals surface area contributed by atoms with E-state index in [4.69, 9.17) is 10.7 Å². The Morgan fingerprint density at radius 2 is 2.07 bits per heavy atom. The third kappa shape index (κ3) is 3.07. The molecule has 3 aromatic heterocycles. The summed E-state index contributed by atoms with van der Waals surface area (Å²) in [7, 11) is 0. The molecule has 1 aliphatic rings. The highest BCUT2D eigenvalue weighted by atomic mass is 15.3. The summed E-state index contributed by atoms with van der Waals surface area (Å²) in [6.45, 7) is 4.88. The van der Waals surface area contributed by atoms with Gasteiger partial charge in [-0.3, -0.25) is 14.9 Å². The first-order valence-corrected chi connectivity index (χ1v) is 9.71. The van der Waals surface area contributed by atoms with Crippen LogP contribution in [-0.4, -0.2) is 42.6 Å². The van der Waals surface area contributed by atoms with Gasteiger partial charge in [-0.05, 0) is 37.9 Å². The van der Waals surface area contributed by atoms with Crippen molar-refractivity contribution in [3.63, 3.8) is 0 Å². The minimum absolute atomic E-state index is 0.373. The topological polar surface area (TPSA) is 85.2 Å². The Morgan fingerprint density at radius 3 is 3.00 bits per heavy atom. The second kappa shape index (κ2) is 6.83. The Hall–Kier alpha value is -3.06. The molecular weight excluding hydrogens is 350 g/mol. The molecule has 5 rings (SSSR count). The van der Waals surface area contributed by atoms with Crippen LogP contribution in [0.15, 0.2) is 42.7 Å². The molecule has 1 aromatic carbocycles. The Morgan fingerprint density at radius 1 is 1.18 bits per heavy atom. The van der Waals surface area contributed by atoms with Gasteiger partial charge >= 0.3 is 0 Å². The lowest BCUT2D eigenvalue weighted by molar-refractivity contribution is 0.199. The Labute approximate surface area is 163 Å². The summed E-state index contributed by atoms with van der Waals surface area (Å²) in [4.78, 5) is 16.3. The van der Waals surface area contributed by atoms with Crippen LogP contribution in [0, 0.1) is 6.92 Å². The number of benzene rings is 1. The molecule has 0 amide bonds. The van der Waals surface area contributed by atoms with E-state index in [1.807, 2.05) is 25.1 Å². The van der Waals surface area contributed by atoms with E-state index >= 15 is 0 Å². The lowest BCUT2D eigenvalue weighted by Crippen LogP contribution is -2.34. The molecule has 7 heteroatoms.